The summed E-state index contributed by atoms with van der Waals surface area (Å²) in [5.41, 5.74) is -3.47. The Morgan fingerprint density at radius 2 is 1.34 bits per heavy atom. The molecule has 10 heterocycles. The third-order valence-corrected chi connectivity index (χ3v) is 20.2. The second-order valence-corrected chi connectivity index (χ2v) is 27.0. The van der Waals surface area contributed by atoms with Crippen LogP contribution in [0.2, 0.25) is 10.0 Å². The van der Waals surface area contributed by atoms with Crippen LogP contribution in [0.1, 0.15) is 97.5 Å². The third-order valence-electron chi connectivity index (χ3n) is 19.4. The summed E-state index contributed by atoms with van der Waals surface area (Å²) in [6.07, 6.45) is -32.9. The number of aromatic hydroxyl groups is 1. The molecule has 0 bridgehead atoms. The highest BCUT2D eigenvalue weighted by Gasteiger charge is 2.73. The molecule has 6 N–H and O–H groups in total. The van der Waals surface area contributed by atoms with Gasteiger partial charge in [0.05, 0.1) is 80.4 Å². The van der Waals surface area contributed by atoms with Gasteiger partial charge in [-0.1, -0.05) is 37.0 Å². The monoisotopic (exact) mass is 1400 g/mol. The molecule has 1 unspecified atom stereocenters. The molecule has 538 valence electrons. The first-order chi connectivity index (χ1) is 44.9. The highest BCUT2D eigenvalue weighted by Crippen LogP contribution is 2.53. The fraction of sp³-hybridized carbons (Fsp3) is 0.852. The number of hydrogen-bond donors (Lipinski definition) is 6. The van der Waals surface area contributed by atoms with Crippen LogP contribution in [0.25, 0.3) is 0 Å². The number of methoxy groups -OCH3 is 4. The van der Waals surface area contributed by atoms with Crippen molar-refractivity contribution in [2.24, 2.45) is 5.92 Å². The number of fused-ring (bicyclic) bond motifs is 4. The number of ketones is 1. The summed E-state index contributed by atoms with van der Waals surface area (Å²) in [4.78, 5) is 39.8. The van der Waals surface area contributed by atoms with Gasteiger partial charge in [-0.15, -0.1) is 0 Å². The lowest BCUT2D eigenvalue weighted by Crippen LogP contribution is -2.72. The van der Waals surface area contributed by atoms with Gasteiger partial charge in [0, 0.05) is 39.7 Å². The van der Waals surface area contributed by atoms with Crippen LogP contribution in [-0.4, -0.2) is 286 Å². The Balaban J connectivity index is 0.722. The zero-order valence-electron chi connectivity index (χ0n) is 55.0. The predicted molar refractivity (Wildman–Crippen MR) is 313 cm³/mol. The van der Waals surface area contributed by atoms with Crippen molar-refractivity contribution in [3.63, 3.8) is 0 Å². The number of phenols is 1. The predicted octanol–water partition coefficient (Wildman–Crippen LogP) is 1.05. The number of benzene rings is 1. The first kappa shape index (κ1) is 73.2. The zero-order chi connectivity index (χ0) is 68.9. The smallest absolute Gasteiger partial charge is 0.344 e. The summed E-state index contributed by atoms with van der Waals surface area (Å²) in [6.45, 7) is 15.0. The van der Waals surface area contributed by atoms with Gasteiger partial charge in [0.15, 0.2) is 60.6 Å². The maximum Gasteiger partial charge on any atom is 0.344 e. The van der Waals surface area contributed by atoms with Crippen molar-refractivity contribution in [3.8, 4) is 11.5 Å². The molecule has 0 aliphatic carbocycles. The van der Waals surface area contributed by atoms with Gasteiger partial charge >= 0.3 is 17.9 Å². The number of aliphatic hydroxyl groups is 5. The van der Waals surface area contributed by atoms with E-state index in [0.717, 1.165) is 0 Å². The summed E-state index contributed by atoms with van der Waals surface area (Å²) in [5.74, 6) is -7.41. The lowest BCUT2D eigenvalue weighted by Gasteiger charge is -2.49. The summed E-state index contributed by atoms with van der Waals surface area (Å²) in [7, 11) is 5.34. The van der Waals surface area contributed by atoms with Crippen molar-refractivity contribution in [1.82, 2.24) is 0 Å². The SMILES string of the molecule is COC[C@H]1O[C@@H](O[C@@H]2OC[C@@H]3O[C@]4(O[C@H]3[C@H]2OC(=O)C(C)C)O[C@H](C)[C@@](O)(C(C)=O)[C@@H]2OCO[C@H]24)[C@@H](OC)[C@@H](O)[C@@H]1O[C@@H]1O[C@H](C)[C@H](OC)[C@H](O[C@H]2C[C@@]3(C)OC4(C[C@@H](O)[C@H](O[C@H]5C[C@@H](O)[C@H](OC(=O)c6c(Cl)c(C)c(O)c(Cl)c6OC)[C@@H](C)O5)[C@@H](C)O4)O[C@@H]3[C@@H](C)O2)[C@H]1O. The topological polar surface area (TPSA) is 385 Å². The molecule has 10 saturated heterocycles. The minimum atomic E-state index is -2.13. The standard InChI is InChI=1S/C61H88Cl2O32/c1-21(2)53(70)87-49-45-32(92-61(93-45)52-51(78-20-79-52)60(72,27(8)64)28(9)91-61)19-77-56(49)89-57-48(76-14)39(68)44(31(83-57)18-73-11)88-55-40(69)47(43(74-12)24(5)82-55)85-34-17-58(10)50(26(7)81-34)94-59(95-58)16-30(66)42(25(6)90-59)84-33-15-29(65)41(23(4)80-33)86-54(71)35-36(62)22(3)38(67)37(63)46(35)75-13/h21,23-26,28-34,39-45,47-52,55-57,65-69,72H,15-20H2,1-14H3/t23-,24-,25-,26-,28-,29-,30-,31-,32+,33+,34+,39+,40-,41-,42-,43+,44-,45-,47-,48+,49-,50-,51-,52-,55+,56+,57+,58-,59?,60+,61-/m1/s1. The Morgan fingerprint density at radius 1 is 0.653 bits per heavy atom. The first-order valence-corrected chi connectivity index (χ1v) is 32.5. The van der Waals surface area contributed by atoms with E-state index in [1.54, 1.807) is 48.5 Å². The largest absolute Gasteiger partial charge is 0.506 e. The molecule has 11 rings (SSSR count). The number of carbonyl (C=O) groups is 3. The Morgan fingerprint density at radius 3 is 1.99 bits per heavy atom. The van der Waals surface area contributed by atoms with E-state index in [2.05, 4.69) is 0 Å². The van der Waals surface area contributed by atoms with Gasteiger partial charge in [0.2, 0.25) is 6.29 Å². The maximum atomic E-state index is 13.5. The van der Waals surface area contributed by atoms with Gasteiger partial charge < -0.3 is 140 Å². The van der Waals surface area contributed by atoms with Crippen molar-refractivity contribution in [1.29, 1.82) is 0 Å². The van der Waals surface area contributed by atoms with E-state index in [0.29, 0.717) is 0 Å². The van der Waals surface area contributed by atoms with Crippen LogP contribution in [0.3, 0.4) is 0 Å². The molecule has 95 heavy (non-hydrogen) atoms. The average molecular weight is 1400 g/mol. The molecular weight excluding hydrogens is 1320 g/mol. The zero-order valence-corrected chi connectivity index (χ0v) is 56.5. The Bertz CT molecular complexity index is 2890. The van der Waals surface area contributed by atoms with Gasteiger partial charge in [0.25, 0.3) is 5.97 Å². The maximum absolute atomic E-state index is 13.5. The molecule has 0 saturated carbocycles. The molecule has 32 nitrogen and oxygen atoms in total. The van der Waals surface area contributed by atoms with E-state index in [1.165, 1.54) is 49.2 Å². The molecule has 0 radical (unpaired) electrons. The van der Waals surface area contributed by atoms with Crippen molar-refractivity contribution >= 4 is 40.9 Å². The molecule has 0 aromatic heterocycles. The lowest BCUT2D eigenvalue weighted by atomic mass is 9.81. The molecule has 10 fully saturated rings. The highest BCUT2D eigenvalue weighted by atomic mass is 35.5. The van der Waals surface area contributed by atoms with Crippen molar-refractivity contribution in [2.75, 3.05) is 48.4 Å². The van der Waals surface area contributed by atoms with Gasteiger partial charge in [0.1, 0.15) is 102 Å². The van der Waals surface area contributed by atoms with E-state index in [1.807, 2.05) is 0 Å². The molecule has 2 spiro atoms. The number of phenolic OH excluding ortho intramolecular Hbond substituents is 1. The Labute approximate surface area is 557 Å². The van der Waals surface area contributed by atoms with E-state index in [9.17, 15) is 45.0 Å². The minimum Gasteiger partial charge on any atom is -0.506 e. The van der Waals surface area contributed by atoms with Crippen LogP contribution in [0.5, 0.6) is 11.5 Å². The molecule has 31 atom stereocenters. The van der Waals surface area contributed by atoms with Crippen LogP contribution in [0.15, 0.2) is 0 Å². The quantitative estimate of drug-likeness (QED) is 0.112. The fourth-order valence-corrected chi connectivity index (χ4v) is 15.1. The van der Waals surface area contributed by atoms with Crippen LogP contribution in [0.4, 0.5) is 0 Å². The van der Waals surface area contributed by atoms with Crippen LogP contribution < -0.4 is 4.74 Å². The number of carbonyl (C=O) groups excluding carboxylic acids is 3. The number of hydrogen-bond acceptors (Lipinski definition) is 32. The normalized spacial score (nSPS) is 47.3. The molecule has 34 heteroatoms. The number of esters is 2. The van der Waals surface area contributed by atoms with E-state index in [4.69, 9.17) is 132 Å². The Hall–Kier alpha value is -2.99. The van der Waals surface area contributed by atoms with Crippen LogP contribution >= 0.6 is 23.2 Å². The summed E-state index contributed by atoms with van der Waals surface area (Å²) in [5, 5.41) is 69.2. The number of aliphatic hydroxyl groups excluding tert-OH is 4. The number of Topliss-reactive ketones (excluding diaryl/α,β-unsaturated/α-hetero) is 1. The third kappa shape index (κ3) is 13.4. The lowest BCUT2D eigenvalue weighted by molar-refractivity contribution is -0.428. The molecule has 10 aliphatic rings. The minimum absolute atomic E-state index is 0.00220. The van der Waals surface area contributed by atoms with Gasteiger partial charge in [-0.3, -0.25) is 9.59 Å². The van der Waals surface area contributed by atoms with Crippen LogP contribution in [-0.2, 0) is 114 Å². The second-order valence-electron chi connectivity index (χ2n) is 26.2. The van der Waals surface area contributed by atoms with Crippen LogP contribution in [0, 0.1) is 12.8 Å². The van der Waals surface area contributed by atoms with E-state index >= 15 is 0 Å². The summed E-state index contributed by atoms with van der Waals surface area (Å²) < 4.78 is 142. The van der Waals surface area contributed by atoms with Gasteiger partial charge in [-0.05, 0) is 55.4 Å². The molecule has 1 aromatic rings. The van der Waals surface area contributed by atoms with Crippen molar-refractivity contribution in [2.45, 2.75) is 277 Å². The molecule has 1 aromatic carbocycles. The van der Waals surface area contributed by atoms with Gasteiger partial charge in [-0.2, -0.15) is 0 Å². The molecular formula is C61H88Cl2O32. The van der Waals surface area contributed by atoms with Gasteiger partial charge in [-0.25, -0.2) is 4.79 Å². The van der Waals surface area contributed by atoms with Crippen molar-refractivity contribution < 1.29 is 154 Å². The number of halogens is 2. The van der Waals surface area contributed by atoms with Crippen molar-refractivity contribution in [3.05, 3.63) is 21.2 Å². The number of rotatable bonds is 18. The molecule has 10 aliphatic heterocycles. The average Bonchev–Trinajstić information content (AvgIpc) is 1.59. The van der Waals surface area contributed by atoms with E-state index in [-0.39, 0.29) is 71.9 Å². The van der Waals surface area contributed by atoms with E-state index < -0.39 is 213 Å². The fourth-order valence-electron chi connectivity index (χ4n) is 14.5. The second kappa shape index (κ2) is 28.4. The summed E-state index contributed by atoms with van der Waals surface area (Å²) in [6, 6.07) is 0. The Kier molecular flexibility index (Phi) is 21.9. The number of ether oxygens (including phenoxy) is 23. The molecule has 0 amide bonds. The first-order valence-electron chi connectivity index (χ1n) is 31.7. The highest BCUT2D eigenvalue weighted by molar-refractivity contribution is 6.38. The summed E-state index contributed by atoms with van der Waals surface area (Å²) >= 11 is 12.7.